The molecule has 0 bridgehead atoms. The van der Waals surface area contributed by atoms with Crippen molar-refractivity contribution < 1.29 is 4.74 Å². The van der Waals surface area contributed by atoms with Crippen LogP contribution in [0.25, 0.3) is 6.08 Å². The van der Waals surface area contributed by atoms with Gasteiger partial charge in [0.25, 0.3) is 0 Å². The SMILES string of the molecule is CCCCCOc1ccc(/C=C/C(C)N)cc1. The Kier molecular flexibility index (Phi) is 6.41. The third kappa shape index (κ3) is 6.12. The first-order valence-corrected chi connectivity index (χ1v) is 6.39. The molecule has 1 aromatic carbocycles. The summed E-state index contributed by atoms with van der Waals surface area (Å²) in [5, 5.41) is 0. The molecule has 1 unspecified atom stereocenters. The van der Waals surface area contributed by atoms with Gasteiger partial charge in [-0.3, -0.25) is 0 Å². The molecule has 0 amide bonds. The molecule has 0 heterocycles. The molecule has 1 aromatic rings. The van der Waals surface area contributed by atoms with Gasteiger partial charge in [0.15, 0.2) is 0 Å². The van der Waals surface area contributed by atoms with Crippen molar-refractivity contribution >= 4 is 6.08 Å². The largest absolute Gasteiger partial charge is 0.494 e. The molecule has 17 heavy (non-hydrogen) atoms. The van der Waals surface area contributed by atoms with E-state index in [1.807, 2.05) is 43.3 Å². The first-order chi connectivity index (χ1) is 8.22. The van der Waals surface area contributed by atoms with Crippen molar-refractivity contribution in [3.05, 3.63) is 35.9 Å². The number of hydrogen-bond donors (Lipinski definition) is 1. The number of rotatable bonds is 7. The average Bonchev–Trinajstić information content (AvgIpc) is 2.33. The van der Waals surface area contributed by atoms with Crippen LogP contribution >= 0.6 is 0 Å². The lowest BCUT2D eigenvalue weighted by molar-refractivity contribution is 0.306. The van der Waals surface area contributed by atoms with Gasteiger partial charge in [-0.15, -0.1) is 0 Å². The molecule has 0 aliphatic heterocycles. The van der Waals surface area contributed by atoms with Crippen molar-refractivity contribution in [3.63, 3.8) is 0 Å². The van der Waals surface area contributed by atoms with Gasteiger partial charge >= 0.3 is 0 Å². The second kappa shape index (κ2) is 7.91. The summed E-state index contributed by atoms with van der Waals surface area (Å²) in [4.78, 5) is 0. The van der Waals surface area contributed by atoms with E-state index < -0.39 is 0 Å². The average molecular weight is 233 g/mol. The van der Waals surface area contributed by atoms with Gasteiger partial charge in [-0.2, -0.15) is 0 Å². The van der Waals surface area contributed by atoms with Gasteiger partial charge in [-0.1, -0.05) is 44.1 Å². The van der Waals surface area contributed by atoms with E-state index in [0.29, 0.717) is 0 Å². The summed E-state index contributed by atoms with van der Waals surface area (Å²) in [5.74, 6) is 0.944. The Morgan fingerprint density at radius 1 is 1.24 bits per heavy atom. The summed E-state index contributed by atoms with van der Waals surface area (Å²) in [6.45, 7) is 4.96. The lowest BCUT2D eigenvalue weighted by atomic mass is 10.2. The van der Waals surface area contributed by atoms with Crippen LogP contribution in [0.1, 0.15) is 38.7 Å². The highest BCUT2D eigenvalue weighted by Gasteiger charge is 1.94. The molecule has 94 valence electrons. The predicted molar refractivity (Wildman–Crippen MR) is 74.1 cm³/mol. The zero-order valence-corrected chi connectivity index (χ0v) is 10.9. The van der Waals surface area contributed by atoms with E-state index in [9.17, 15) is 0 Å². The monoisotopic (exact) mass is 233 g/mol. The molecular formula is C15H23NO. The number of ether oxygens (including phenoxy) is 1. The molecule has 2 nitrogen and oxygen atoms in total. The van der Waals surface area contributed by atoms with Crippen LogP contribution in [-0.4, -0.2) is 12.6 Å². The highest BCUT2D eigenvalue weighted by molar-refractivity contribution is 5.51. The fourth-order valence-corrected chi connectivity index (χ4v) is 1.48. The Hall–Kier alpha value is -1.28. The zero-order chi connectivity index (χ0) is 12.5. The van der Waals surface area contributed by atoms with Crippen LogP contribution in [0.5, 0.6) is 5.75 Å². The molecule has 0 saturated heterocycles. The first kappa shape index (κ1) is 13.8. The fraction of sp³-hybridized carbons (Fsp3) is 0.467. The molecule has 0 aromatic heterocycles. The second-order valence-corrected chi connectivity index (χ2v) is 4.34. The van der Waals surface area contributed by atoms with Crippen molar-refractivity contribution in [2.24, 2.45) is 5.73 Å². The Morgan fingerprint density at radius 2 is 1.94 bits per heavy atom. The molecule has 0 spiro atoms. The zero-order valence-electron chi connectivity index (χ0n) is 10.9. The highest BCUT2D eigenvalue weighted by atomic mass is 16.5. The summed E-state index contributed by atoms with van der Waals surface area (Å²) >= 11 is 0. The Labute approximate surface area is 104 Å². The van der Waals surface area contributed by atoms with Crippen molar-refractivity contribution in [1.29, 1.82) is 0 Å². The summed E-state index contributed by atoms with van der Waals surface area (Å²) < 4.78 is 5.64. The van der Waals surface area contributed by atoms with Gasteiger partial charge in [0.05, 0.1) is 6.61 Å². The minimum atomic E-state index is 0.0972. The van der Waals surface area contributed by atoms with Crippen LogP contribution < -0.4 is 10.5 Å². The Morgan fingerprint density at radius 3 is 2.53 bits per heavy atom. The van der Waals surface area contributed by atoms with Gasteiger partial charge in [-0.25, -0.2) is 0 Å². The predicted octanol–water partition coefficient (Wildman–Crippen LogP) is 3.62. The third-order valence-corrected chi connectivity index (χ3v) is 2.49. The van der Waals surface area contributed by atoms with Gasteiger partial charge in [0.2, 0.25) is 0 Å². The van der Waals surface area contributed by atoms with E-state index in [1.165, 1.54) is 12.8 Å². The molecule has 0 aliphatic carbocycles. The second-order valence-electron chi connectivity index (χ2n) is 4.34. The van der Waals surface area contributed by atoms with Crippen LogP contribution in [0.3, 0.4) is 0 Å². The molecule has 1 rings (SSSR count). The molecular weight excluding hydrogens is 210 g/mol. The summed E-state index contributed by atoms with van der Waals surface area (Å²) in [5.41, 5.74) is 6.81. The minimum absolute atomic E-state index is 0.0972. The van der Waals surface area contributed by atoms with Crippen molar-refractivity contribution in [2.75, 3.05) is 6.61 Å². The van der Waals surface area contributed by atoms with Crippen molar-refractivity contribution in [2.45, 2.75) is 39.2 Å². The number of unbranched alkanes of at least 4 members (excludes halogenated alkanes) is 2. The van der Waals surface area contributed by atoms with Gasteiger partial charge in [0, 0.05) is 6.04 Å². The smallest absolute Gasteiger partial charge is 0.119 e. The number of nitrogens with two attached hydrogens (primary N) is 1. The van der Waals surface area contributed by atoms with Crippen LogP contribution in [0.4, 0.5) is 0 Å². The molecule has 0 radical (unpaired) electrons. The first-order valence-electron chi connectivity index (χ1n) is 6.39. The maximum absolute atomic E-state index is 5.65. The van der Waals surface area contributed by atoms with E-state index in [0.717, 1.165) is 24.3 Å². The highest BCUT2D eigenvalue weighted by Crippen LogP contribution is 2.13. The summed E-state index contributed by atoms with van der Waals surface area (Å²) in [6.07, 6.45) is 7.60. The van der Waals surface area contributed by atoms with Gasteiger partial charge in [-0.05, 0) is 31.0 Å². The topological polar surface area (TPSA) is 35.2 Å². The summed E-state index contributed by atoms with van der Waals surface area (Å²) in [6, 6.07) is 8.21. The standard InChI is InChI=1S/C15H23NO/c1-3-4-5-12-17-15-10-8-14(9-11-15)7-6-13(2)16/h6-11,13H,3-5,12,16H2,1-2H3/b7-6+. The molecule has 0 fully saturated rings. The van der Waals surface area contributed by atoms with Gasteiger partial charge < -0.3 is 10.5 Å². The fourth-order valence-electron chi connectivity index (χ4n) is 1.48. The lowest BCUT2D eigenvalue weighted by Gasteiger charge is -2.05. The molecule has 1 atom stereocenters. The maximum Gasteiger partial charge on any atom is 0.119 e. The quantitative estimate of drug-likeness (QED) is 0.730. The van der Waals surface area contributed by atoms with Crippen molar-refractivity contribution in [3.8, 4) is 5.75 Å². The van der Waals surface area contributed by atoms with Crippen molar-refractivity contribution in [1.82, 2.24) is 0 Å². The van der Waals surface area contributed by atoms with E-state index >= 15 is 0 Å². The number of benzene rings is 1. The van der Waals surface area contributed by atoms with E-state index in [4.69, 9.17) is 10.5 Å². The molecule has 2 N–H and O–H groups in total. The summed E-state index contributed by atoms with van der Waals surface area (Å²) in [7, 11) is 0. The Balaban J connectivity index is 2.39. The molecule has 2 heteroatoms. The maximum atomic E-state index is 5.65. The normalized spacial score (nSPS) is 12.9. The van der Waals surface area contributed by atoms with Crippen LogP contribution in [-0.2, 0) is 0 Å². The van der Waals surface area contributed by atoms with E-state index in [1.54, 1.807) is 0 Å². The van der Waals surface area contributed by atoms with Crippen LogP contribution in [0, 0.1) is 0 Å². The van der Waals surface area contributed by atoms with Crippen LogP contribution in [0.15, 0.2) is 30.3 Å². The van der Waals surface area contributed by atoms with E-state index in [2.05, 4.69) is 6.92 Å². The molecule has 0 saturated carbocycles. The van der Waals surface area contributed by atoms with Crippen LogP contribution in [0.2, 0.25) is 0 Å². The van der Waals surface area contributed by atoms with Gasteiger partial charge in [0.1, 0.15) is 5.75 Å². The Bertz CT molecular complexity index is 327. The molecule has 0 aliphatic rings. The number of hydrogen-bond acceptors (Lipinski definition) is 2. The third-order valence-electron chi connectivity index (χ3n) is 2.49. The lowest BCUT2D eigenvalue weighted by Crippen LogP contribution is -2.09. The minimum Gasteiger partial charge on any atom is -0.494 e. The van der Waals surface area contributed by atoms with E-state index in [-0.39, 0.29) is 6.04 Å².